The molecule has 4 aromatic rings. The second-order valence-electron chi connectivity index (χ2n) is 8.34. The average Bonchev–Trinajstić information content (AvgIpc) is 2.85. The Balaban J connectivity index is 1.62. The molecule has 0 aliphatic rings. The fourth-order valence-corrected chi connectivity index (χ4v) is 3.87. The predicted octanol–water partition coefficient (Wildman–Crippen LogP) is 4.30. The van der Waals surface area contributed by atoms with Gasteiger partial charge in [0.2, 0.25) is 0 Å². The van der Waals surface area contributed by atoms with Crippen LogP contribution in [-0.4, -0.2) is 23.1 Å². The number of aromatic nitrogens is 1. The summed E-state index contributed by atoms with van der Waals surface area (Å²) in [7, 11) is 1.54. The van der Waals surface area contributed by atoms with E-state index in [2.05, 4.69) is 5.32 Å². The molecule has 0 saturated heterocycles. The third-order valence-electron chi connectivity index (χ3n) is 5.78. The van der Waals surface area contributed by atoms with Gasteiger partial charge in [0.25, 0.3) is 11.5 Å². The van der Waals surface area contributed by atoms with Gasteiger partial charge in [-0.25, -0.2) is 4.79 Å². The van der Waals surface area contributed by atoms with Gasteiger partial charge in [0.05, 0.1) is 0 Å². The molecule has 0 saturated carbocycles. The summed E-state index contributed by atoms with van der Waals surface area (Å²) in [6.45, 7) is 3.86. The lowest BCUT2D eigenvalue weighted by molar-refractivity contribution is -0.124. The fraction of sp³-hybridized carbons (Fsp3) is 0.179. The lowest BCUT2D eigenvalue weighted by Crippen LogP contribution is -2.30. The van der Waals surface area contributed by atoms with Crippen molar-refractivity contribution in [3.63, 3.8) is 0 Å². The highest BCUT2D eigenvalue weighted by Gasteiger charge is 2.23. The van der Waals surface area contributed by atoms with E-state index in [9.17, 15) is 14.4 Å². The maximum Gasteiger partial charge on any atom is 0.356 e. The van der Waals surface area contributed by atoms with Gasteiger partial charge >= 0.3 is 5.97 Å². The van der Waals surface area contributed by atoms with Crippen LogP contribution < -0.4 is 10.9 Å². The first-order chi connectivity index (χ1) is 16.3. The molecule has 1 heterocycles. The molecule has 0 aliphatic heterocycles. The molecule has 6 nitrogen and oxygen atoms in total. The number of hydrogen-bond acceptors (Lipinski definition) is 4. The first kappa shape index (κ1) is 23.0. The fourth-order valence-electron chi connectivity index (χ4n) is 3.87. The molecule has 0 atom stereocenters. The number of aryl methyl sites for hydroxylation is 2. The van der Waals surface area contributed by atoms with Gasteiger partial charge in [-0.05, 0) is 36.4 Å². The predicted molar refractivity (Wildman–Crippen MR) is 133 cm³/mol. The highest BCUT2D eigenvalue weighted by Crippen LogP contribution is 2.31. The normalized spacial score (nSPS) is 10.8. The number of benzene rings is 3. The first-order valence-corrected chi connectivity index (χ1v) is 11.0. The SMILES string of the molecule is Cc1ccc(CNC(=O)COC(=O)c2c(-c3ccc(C)cc3)c3ccccc3c(=O)n2C)cc1. The monoisotopic (exact) mass is 454 g/mol. The molecular weight excluding hydrogens is 428 g/mol. The minimum atomic E-state index is -0.730. The summed E-state index contributed by atoms with van der Waals surface area (Å²) in [5, 5.41) is 3.91. The Morgan fingerprint density at radius 3 is 2.09 bits per heavy atom. The van der Waals surface area contributed by atoms with Gasteiger partial charge in [-0.15, -0.1) is 0 Å². The van der Waals surface area contributed by atoms with Crippen LogP contribution in [0.15, 0.2) is 77.6 Å². The number of rotatable bonds is 6. The largest absolute Gasteiger partial charge is 0.451 e. The van der Waals surface area contributed by atoms with E-state index in [-0.39, 0.29) is 11.3 Å². The molecular formula is C28H26N2O4. The van der Waals surface area contributed by atoms with Gasteiger partial charge in [0.15, 0.2) is 6.61 Å². The maximum absolute atomic E-state index is 13.2. The lowest BCUT2D eigenvalue weighted by Gasteiger charge is -2.17. The molecule has 34 heavy (non-hydrogen) atoms. The number of pyridine rings is 1. The van der Waals surface area contributed by atoms with Crippen LogP contribution in [0, 0.1) is 13.8 Å². The molecule has 1 N–H and O–H groups in total. The lowest BCUT2D eigenvalue weighted by atomic mass is 9.96. The van der Waals surface area contributed by atoms with Crippen LogP contribution in [0.3, 0.4) is 0 Å². The van der Waals surface area contributed by atoms with E-state index in [4.69, 9.17) is 4.74 Å². The molecule has 0 radical (unpaired) electrons. The van der Waals surface area contributed by atoms with E-state index in [1.165, 1.54) is 4.57 Å². The van der Waals surface area contributed by atoms with Crippen molar-refractivity contribution in [1.82, 2.24) is 9.88 Å². The van der Waals surface area contributed by atoms with Crippen LogP contribution >= 0.6 is 0 Å². The van der Waals surface area contributed by atoms with Crippen LogP contribution in [0.5, 0.6) is 0 Å². The number of nitrogens with one attached hydrogen (secondary N) is 1. The Morgan fingerprint density at radius 2 is 1.44 bits per heavy atom. The van der Waals surface area contributed by atoms with Crippen molar-refractivity contribution in [2.45, 2.75) is 20.4 Å². The molecule has 1 aromatic heterocycles. The highest BCUT2D eigenvalue weighted by atomic mass is 16.5. The Bertz CT molecular complexity index is 1420. The number of ether oxygens (including phenoxy) is 1. The minimum absolute atomic E-state index is 0.110. The van der Waals surface area contributed by atoms with E-state index < -0.39 is 18.5 Å². The van der Waals surface area contributed by atoms with Gasteiger partial charge in [-0.1, -0.05) is 77.9 Å². The molecule has 1 amide bonds. The average molecular weight is 455 g/mol. The van der Waals surface area contributed by atoms with Gasteiger partial charge in [0.1, 0.15) is 5.69 Å². The van der Waals surface area contributed by atoms with E-state index >= 15 is 0 Å². The van der Waals surface area contributed by atoms with Gasteiger partial charge in [-0.3, -0.25) is 9.59 Å². The van der Waals surface area contributed by atoms with Crippen molar-refractivity contribution < 1.29 is 14.3 Å². The van der Waals surface area contributed by atoms with E-state index in [0.29, 0.717) is 22.9 Å². The van der Waals surface area contributed by atoms with Gasteiger partial charge < -0.3 is 14.6 Å². The third kappa shape index (κ3) is 4.76. The number of esters is 1. The zero-order valence-electron chi connectivity index (χ0n) is 19.4. The first-order valence-electron chi connectivity index (χ1n) is 11.0. The molecule has 172 valence electrons. The number of carbonyl (C=O) groups is 2. The maximum atomic E-state index is 13.2. The molecule has 0 aliphatic carbocycles. The second-order valence-corrected chi connectivity index (χ2v) is 8.34. The summed E-state index contributed by atoms with van der Waals surface area (Å²) in [6, 6.07) is 22.7. The van der Waals surface area contributed by atoms with Gasteiger partial charge in [0, 0.05) is 24.5 Å². The molecule has 0 fully saturated rings. The minimum Gasteiger partial charge on any atom is -0.451 e. The second kappa shape index (κ2) is 9.75. The standard InChI is InChI=1S/C28H26N2O4/c1-18-8-12-20(13-9-18)16-29-24(31)17-34-28(33)26-25(21-14-10-19(2)11-15-21)22-6-4-5-7-23(22)27(32)30(26)3/h4-15H,16-17H2,1-3H3,(H,29,31). The van der Waals surface area contributed by atoms with Crippen LogP contribution in [0.2, 0.25) is 0 Å². The van der Waals surface area contributed by atoms with Crippen LogP contribution in [0.4, 0.5) is 0 Å². The molecule has 0 spiro atoms. The Labute approximate surface area is 197 Å². The van der Waals surface area contributed by atoms with E-state index in [0.717, 1.165) is 22.3 Å². The van der Waals surface area contributed by atoms with E-state index in [1.54, 1.807) is 19.2 Å². The quantitative estimate of drug-likeness (QED) is 0.441. The zero-order valence-corrected chi connectivity index (χ0v) is 19.4. The van der Waals surface area contributed by atoms with Crippen molar-refractivity contribution in [3.8, 4) is 11.1 Å². The van der Waals surface area contributed by atoms with Crippen molar-refractivity contribution >= 4 is 22.6 Å². The van der Waals surface area contributed by atoms with Crippen LogP contribution in [-0.2, 0) is 23.1 Å². The molecule has 0 unspecified atom stereocenters. The van der Waals surface area contributed by atoms with Crippen molar-refractivity contribution in [2.24, 2.45) is 7.05 Å². The number of fused-ring (bicyclic) bond motifs is 1. The third-order valence-corrected chi connectivity index (χ3v) is 5.78. The summed E-state index contributed by atoms with van der Waals surface area (Å²) in [5.74, 6) is -1.15. The smallest absolute Gasteiger partial charge is 0.356 e. The Hall–Kier alpha value is -4.19. The Kier molecular flexibility index (Phi) is 6.59. The summed E-state index contributed by atoms with van der Waals surface area (Å²) in [4.78, 5) is 38.5. The van der Waals surface area contributed by atoms with Crippen LogP contribution in [0.25, 0.3) is 21.9 Å². The highest BCUT2D eigenvalue weighted by molar-refractivity contribution is 6.07. The number of carbonyl (C=O) groups excluding carboxylic acids is 2. The molecule has 6 heteroatoms. The van der Waals surface area contributed by atoms with Crippen molar-refractivity contribution in [1.29, 1.82) is 0 Å². The van der Waals surface area contributed by atoms with Crippen molar-refractivity contribution in [3.05, 3.63) is 106 Å². The van der Waals surface area contributed by atoms with Crippen LogP contribution in [0.1, 0.15) is 27.2 Å². The zero-order chi connectivity index (χ0) is 24.2. The molecule has 3 aromatic carbocycles. The van der Waals surface area contributed by atoms with E-state index in [1.807, 2.05) is 74.5 Å². The topological polar surface area (TPSA) is 77.4 Å². The summed E-state index contributed by atoms with van der Waals surface area (Å²) in [6.07, 6.45) is 0. The summed E-state index contributed by atoms with van der Waals surface area (Å²) < 4.78 is 6.65. The van der Waals surface area contributed by atoms with Crippen molar-refractivity contribution in [2.75, 3.05) is 6.61 Å². The number of amides is 1. The van der Waals surface area contributed by atoms with Gasteiger partial charge in [-0.2, -0.15) is 0 Å². The molecule has 0 bridgehead atoms. The molecule has 4 rings (SSSR count). The summed E-state index contributed by atoms with van der Waals surface area (Å²) in [5.41, 5.74) is 4.35. The number of hydrogen-bond donors (Lipinski definition) is 1. The Morgan fingerprint density at radius 1 is 0.853 bits per heavy atom. The summed E-state index contributed by atoms with van der Waals surface area (Å²) >= 11 is 0. The number of nitrogens with zero attached hydrogens (tertiary/aromatic N) is 1.